The van der Waals surface area contributed by atoms with Crippen molar-refractivity contribution in [3.05, 3.63) is 71.2 Å². The Kier molecular flexibility index (Phi) is 6.09. The fourth-order valence-corrected chi connectivity index (χ4v) is 3.95. The summed E-state index contributed by atoms with van der Waals surface area (Å²) in [6.45, 7) is 0.549. The van der Waals surface area contributed by atoms with E-state index in [0.29, 0.717) is 13.0 Å². The molecule has 0 saturated carbocycles. The Morgan fingerprint density at radius 2 is 2.12 bits per heavy atom. The van der Waals surface area contributed by atoms with Gasteiger partial charge in [-0.2, -0.15) is 16.4 Å². The lowest BCUT2D eigenvalue weighted by Crippen LogP contribution is -2.31. The van der Waals surface area contributed by atoms with E-state index >= 15 is 0 Å². The van der Waals surface area contributed by atoms with Gasteiger partial charge < -0.3 is 5.32 Å². The molecule has 0 spiro atoms. The molecule has 2 aromatic heterocycles. The first-order chi connectivity index (χ1) is 11.8. The molecule has 1 atom stereocenters. The van der Waals surface area contributed by atoms with Crippen LogP contribution >= 0.6 is 23.1 Å². The van der Waals surface area contributed by atoms with Crippen LogP contribution in [0.25, 0.3) is 0 Å². The quantitative estimate of drug-likeness (QED) is 0.623. The molecule has 0 aliphatic heterocycles. The predicted molar refractivity (Wildman–Crippen MR) is 99.5 cm³/mol. The average Bonchev–Trinajstić information content (AvgIpc) is 3.30. The summed E-state index contributed by atoms with van der Waals surface area (Å²) in [5, 5.41) is 11.5. The number of hydrogen-bond donors (Lipinski definition) is 1. The maximum Gasteiger partial charge on any atom is 0.220 e. The van der Waals surface area contributed by atoms with Crippen molar-refractivity contribution in [3.63, 3.8) is 0 Å². The molecule has 0 bridgehead atoms. The van der Waals surface area contributed by atoms with Gasteiger partial charge in [0.1, 0.15) is 0 Å². The second-order valence-electron chi connectivity index (χ2n) is 5.27. The number of carbonyl (C=O) groups excluding carboxylic acids is 1. The summed E-state index contributed by atoms with van der Waals surface area (Å²) in [5.74, 6) is 0.853. The van der Waals surface area contributed by atoms with Gasteiger partial charge in [0, 0.05) is 36.0 Å². The fourth-order valence-electron chi connectivity index (χ4n) is 2.37. The van der Waals surface area contributed by atoms with E-state index in [9.17, 15) is 4.79 Å². The first-order valence-electron chi connectivity index (χ1n) is 7.78. The summed E-state index contributed by atoms with van der Waals surface area (Å²) in [5.41, 5.74) is 1.17. The molecule has 0 aliphatic rings. The number of aromatic nitrogens is 2. The third-order valence-electron chi connectivity index (χ3n) is 3.61. The number of hydrogen-bond acceptors (Lipinski definition) is 4. The molecule has 1 amide bonds. The summed E-state index contributed by atoms with van der Waals surface area (Å²) in [6.07, 6.45) is 4.20. The zero-order chi connectivity index (χ0) is 16.6. The number of nitrogens with zero attached hydrogens (tertiary/aromatic N) is 2. The first-order valence-corrected chi connectivity index (χ1v) is 9.71. The van der Waals surface area contributed by atoms with Crippen LogP contribution in [0.3, 0.4) is 0 Å². The molecular formula is C18H19N3OS2. The summed E-state index contributed by atoms with van der Waals surface area (Å²) in [6, 6.07) is 14.2. The SMILES string of the molecule is O=C(CCSc1ccccc1)NC[C@@H](c1ccsc1)n1cccn1. The highest BCUT2D eigenvalue weighted by Crippen LogP contribution is 2.20. The number of thioether (sulfide) groups is 1. The van der Waals surface area contributed by atoms with Crippen LogP contribution < -0.4 is 5.32 Å². The van der Waals surface area contributed by atoms with E-state index in [1.54, 1.807) is 29.3 Å². The van der Waals surface area contributed by atoms with Crippen LogP contribution in [0.4, 0.5) is 0 Å². The number of benzene rings is 1. The summed E-state index contributed by atoms with van der Waals surface area (Å²) < 4.78 is 1.89. The van der Waals surface area contributed by atoms with E-state index < -0.39 is 0 Å². The van der Waals surface area contributed by atoms with Crippen LogP contribution in [0.15, 0.2) is 70.5 Å². The van der Waals surface area contributed by atoms with Crippen molar-refractivity contribution in [2.24, 2.45) is 0 Å². The lowest BCUT2D eigenvalue weighted by molar-refractivity contribution is -0.120. The molecule has 3 aromatic rings. The fraction of sp³-hybridized carbons (Fsp3) is 0.222. The van der Waals surface area contributed by atoms with Crippen molar-refractivity contribution in [2.75, 3.05) is 12.3 Å². The average molecular weight is 358 g/mol. The molecule has 0 unspecified atom stereocenters. The molecule has 0 radical (unpaired) electrons. The molecule has 1 aromatic carbocycles. The van der Waals surface area contributed by atoms with E-state index in [-0.39, 0.29) is 11.9 Å². The maximum atomic E-state index is 12.1. The molecule has 0 fully saturated rings. The topological polar surface area (TPSA) is 46.9 Å². The minimum absolute atomic E-state index is 0.0389. The van der Waals surface area contributed by atoms with Gasteiger partial charge in [0.05, 0.1) is 6.04 Å². The molecule has 3 rings (SSSR count). The number of carbonyl (C=O) groups is 1. The van der Waals surface area contributed by atoms with Crippen LogP contribution in [-0.4, -0.2) is 28.0 Å². The summed E-state index contributed by atoms with van der Waals surface area (Å²) >= 11 is 3.36. The number of amides is 1. The van der Waals surface area contributed by atoms with Gasteiger partial charge in [0.2, 0.25) is 5.91 Å². The number of rotatable bonds is 8. The van der Waals surface area contributed by atoms with Crippen LogP contribution in [0, 0.1) is 0 Å². The van der Waals surface area contributed by atoms with Gasteiger partial charge in [0.25, 0.3) is 0 Å². The third-order valence-corrected chi connectivity index (χ3v) is 5.32. The molecule has 6 heteroatoms. The molecule has 24 heavy (non-hydrogen) atoms. The van der Waals surface area contributed by atoms with Gasteiger partial charge in [0.15, 0.2) is 0 Å². The van der Waals surface area contributed by atoms with Crippen molar-refractivity contribution < 1.29 is 4.79 Å². The van der Waals surface area contributed by atoms with Crippen molar-refractivity contribution in [2.45, 2.75) is 17.4 Å². The van der Waals surface area contributed by atoms with Gasteiger partial charge in [-0.15, -0.1) is 11.8 Å². The normalized spacial score (nSPS) is 12.0. The van der Waals surface area contributed by atoms with Crippen LogP contribution in [0.2, 0.25) is 0 Å². The third kappa shape index (κ3) is 4.72. The van der Waals surface area contributed by atoms with E-state index in [1.165, 1.54) is 10.5 Å². The van der Waals surface area contributed by atoms with E-state index in [2.05, 4.69) is 34.0 Å². The van der Waals surface area contributed by atoms with Gasteiger partial charge >= 0.3 is 0 Å². The molecular weight excluding hydrogens is 338 g/mol. The number of nitrogens with one attached hydrogen (secondary N) is 1. The Labute approximate surface area is 149 Å². The molecule has 1 N–H and O–H groups in total. The maximum absolute atomic E-state index is 12.1. The Balaban J connectivity index is 1.49. The molecule has 4 nitrogen and oxygen atoms in total. The molecule has 124 valence electrons. The van der Waals surface area contributed by atoms with Crippen molar-refractivity contribution >= 4 is 29.0 Å². The van der Waals surface area contributed by atoms with Crippen molar-refractivity contribution in [3.8, 4) is 0 Å². The smallest absolute Gasteiger partial charge is 0.220 e. The lowest BCUT2D eigenvalue weighted by Gasteiger charge is -2.17. The lowest BCUT2D eigenvalue weighted by atomic mass is 10.1. The van der Waals surface area contributed by atoms with Gasteiger partial charge in [-0.25, -0.2) is 0 Å². The zero-order valence-corrected chi connectivity index (χ0v) is 14.8. The van der Waals surface area contributed by atoms with Crippen LogP contribution in [-0.2, 0) is 4.79 Å². The van der Waals surface area contributed by atoms with Crippen LogP contribution in [0.1, 0.15) is 18.0 Å². The highest BCUT2D eigenvalue weighted by Gasteiger charge is 2.15. The van der Waals surface area contributed by atoms with Crippen molar-refractivity contribution in [1.29, 1.82) is 0 Å². The second-order valence-corrected chi connectivity index (χ2v) is 7.22. The summed E-state index contributed by atoms with van der Waals surface area (Å²) in [4.78, 5) is 13.3. The Hall–Kier alpha value is -2.05. The second kappa shape index (κ2) is 8.70. The van der Waals surface area contributed by atoms with Gasteiger partial charge in [-0.1, -0.05) is 18.2 Å². The highest BCUT2D eigenvalue weighted by atomic mass is 32.2. The minimum atomic E-state index is 0.0389. The van der Waals surface area contributed by atoms with Crippen molar-refractivity contribution in [1.82, 2.24) is 15.1 Å². The molecule has 0 saturated heterocycles. The largest absolute Gasteiger partial charge is 0.354 e. The van der Waals surface area contributed by atoms with E-state index in [4.69, 9.17) is 0 Å². The number of thiophene rings is 1. The predicted octanol–water partition coefficient (Wildman–Crippen LogP) is 3.83. The first kappa shape index (κ1) is 16.8. The zero-order valence-electron chi connectivity index (χ0n) is 13.2. The monoisotopic (exact) mass is 357 g/mol. The van der Waals surface area contributed by atoms with E-state index in [1.807, 2.05) is 40.5 Å². The Morgan fingerprint density at radius 1 is 1.25 bits per heavy atom. The van der Waals surface area contributed by atoms with Gasteiger partial charge in [-0.3, -0.25) is 9.48 Å². The highest BCUT2D eigenvalue weighted by molar-refractivity contribution is 7.99. The van der Waals surface area contributed by atoms with Crippen LogP contribution in [0.5, 0.6) is 0 Å². The standard InChI is InChI=1S/C18H19N3OS2/c22-18(8-12-24-16-5-2-1-3-6-16)19-13-17(15-7-11-23-14-15)21-10-4-9-20-21/h1-7,9-11,14,17H,8,12-13H2,(H,19,22)/t17-/m0/s1. The molecule has 2 heterocycles. The summed E-state index contributed by atoms with van der Waals surface area (Å²) in [7, 11) is 0. The van der Waals surface area contributed by atoms with E-state index in [0.717, 1.165) is 5.75 Å². The molecule has 0 aliphatic carbocycles. The Bertz CT molecular complexity index is 693. The minimum Gasteiger partial charge on any atom is -0.354 e. The Morgan fingerprint density at radius 3 is 2.83 bits per heavy atom. The van der Waals surface area contributed by atoms with Gasteiger partial charge in [-0.05, 0) is 40.6 Å².